The van der Waals surface area contributed by atoms with Gasteiger partial charge in [-0.25, -0.2) is 9.97 Å². The molecule has 31 heavy (non-hydrogen) atoms. The third-order valence-corrected chi connectivity index (χ3v) is 6.38. The monoisotopic (exact) mass is 416 g/mol. The fourth-order valence-electron chi connectivity index (χ4n) is 4.77. The maximum Gasteiger partial charge on any atom is 0.271 e. The number of carbonyl (C=O) groups is 1. The number of hydrogen-bond donors (Lipinski definition) is 1. The van der Waals surface area contributed by atoms with Gasteiger partial charge in [0.15, 0.2) is 0 Å². The van der Waals surface area contributed by atoms with E-state index in [1.165, 1.54) is 11.1 Å². The first-order chi connectivity index (χ1) is 15.2. The minimum Gasteiger partial charge on any atom is -0.352 e. The number of likely N-dealkylation sites (tertiary alicyclic amines) is 1. The Labute approximate surface area is 182 Å². The number of piperidine rings is 1. The summed E-state index contributed by atoms with van der Waals surface area (Å²) in [6.07, 6.45) is 5.73. The van der Waals surface area contributed by atoms with Gasteiger partial charge in [-0.05, 0) is 44.2 Å². The third kappa shape index (κ3) is 4.04. The van der Waals surface area contributed by atoms with Crippen LogP contribution in [0.3, 0.4) is 0 Å². The smallest absolute Gasteiger partial charge is 0.271 e. The summed E-state index contributed by atoms with van der Waals surface area (Å²) >= 11 is 0. The number of benzene rings is 1. The van der Waals surface area contributed by atoms with Gasteiger partial charge in [-0.3, -0.25) is 9.89 Å². The van der Waals surface area contributed by atoms with Crippen molar-refractivity contribution in [2.75, 3.05) is 24.5 Å². The fourth-order valence-corrected chi connectivity index (χ4v) is 4.77. The molecule has 1 atom stereocenters. The van der Waals surface area contributed by atoms with E-state index in [9.17, 15) is 4.79 Å². The molecule has 1 aromatic carbocycles. The zero-order valence-electron chi connectivity index (χ0n) is 17.9. The van der Waals surface area contributed by atoms with E-state index in [1.807, 2.05) is 4.90 Å². The Balaban J connectivity index is 1.40. The van der Waals surface area contributed by atoms with Crippen LogP contribution in [0.2, 0.25) is 0 Å². The Morgan fingerprint density at radius 1 is 1.13 bits per heavy atom. The van der Waals surface area contributed by atoms with Crippen LogP contribution in [0.5, 0.6) is 0 Å². The van der Waals surface area contributed by atoms with Gasteiger partial charge in [0.05, 0.1) is 0 Å². The van der Waals surface area contributed by atoms with Gasteiger partial charge in [0.1, 0.15) is 17.3 Å². The van der Waals surface area contributed by atoms with E-state index in [1.54, 1.807) is 12.3 Å². The number of carbonyl (C=O) groups excluding carboxylic acids is 1. The number of aromatic amines is 1. The van der Waals surface area contributed by atoms with Crippen molar-refractivity contribution >= 4 is 11.7 Å². The average molecular weight is 417 g/mol. The van der Waals surface area contributed by atoms with Crippen molar-refractivity contribution in [2.45, 2.75) is 45.1 Å². The summed E-state index contributed by atoms with van der Waals surface area (Å²) in [5.74, 6) is 2.11. The van der Waals surface area contributed by atoms with E-state index >= 15 is 0 Å². The lowest BCUT2D eigenvalue weighted by Gasteiger charge is -2.34. The number of fused-ring (bicyclic) bond motifs is 1. The summed E-state index contributed by atoms with van der Waals surface area (Å²) in [5.41, 5.74) is 4.18. The minimum absolute atomic E-state index is 0.00239. The topological polar surface area (TPSA) is 78.0 Å². The highest BCUT2D eigenvalue weighted by molar-refractivity contribution is 5.92. The number of hydrogen-bond acceptors (Lipinski definition) is 5. The lowest BCUT2D eigenvalue weighted by atomic mass is 9.95. The molecule has 1 amide bonds. The summed E-state index contributed by atoms with van der Waals surface area (Å²) in [6, 6.07) is 12.3. The molecule has 1 saturated heterocycles. The molecule has 1 unspecified atom stereocenters. The largest absolute Gasteiger partial charge is 0.352 e. The highest BCUT2D eigenvalue weighted by Gasteiger charge is 2.30. The van der Waals surface area contributed by atoms with Gasteiger partial charge in [0, 0.05) is 49.6 Å². The summed E-state index contributed by atoms with van der Waals surface area (Å²) in [4.78, 5) is 27.1. The van der Waals surface area contributed by atoms with Gasteiger partial charge >= 0.3 is 0 Å². The van der Waals surface area contributed by atoms with Crippen molar-refractivity contribution in [3.63, 3.8) is 0 Å². The molecule has 3 aromatic rings. The van der Waals surface area contributed by atoms with Crippen molar-refractivity contribution < 1.29 is 4.79 Å². The first-order valence-corrected chi connectivity index (χ1v) is 11.1. The number of aromatic nitrogens is 4. The van der Waals surface area contributed by atoms with Crippen molar-refractivity contribution in [1.82, 2.24) is 25.1 Å². The molecule has 0 radical (unpaired) electrons. The van der Waals surface area contributed by atoms with Gasteiger partial charge in [-0.1, -0.05) is 30.3 Å². The highest BCUT2D eigenvalue weighted by Crippen LogP contribution is 2.32. The zero-order chi connectivity index (χ0) is 21.2. The molecule has 2 aliphatic heterocycles. The number of anilines is 1. The Kier molecular flexibility index (Phi) is 5.40. The van der Waals surface area contributed by atoms with Crippen LogP contribution in [0.25, 0.3) is 0 Å². The van der Waals surface area contributed by atoms with Crippen LogP contribution < -0.4 is 4.90 Å². The van der Waals surface area contributed by atoms with Crippen molar-refractivity contribution in [3.05, 3.63) is 70.9 Å². The van der Waals surface area contributed by atoms with Gasteiger partial charge in [-0.2, -0.15) is 5.10 Å². The fraction of sp³-hybridized carbons (Fsp3) is 0.417. The van der Waals surface area contributed by atoms with Crippen LogP contribution >= 0.6 is 0 Å². The molecule has 0 spiro atoms. The second-order valence-corrected chi connectivity index (χ2v) is 8.54. The van der Waals surface area contributed by atoms with Gasteiger partial charge in [0.2, 0.25) is 0 Å². The van der Waals surface area contributed by atoms with E-state index in [4.69, 9.17) is 9.97 Å². The minimum atomic E-state index is 0.00239. The van der Waals surface area contributed by atoms with Gasteiger partial charge < -0.3 is 9.80 Å². The lowest BCUT2D eigenvalue weighted by molar-refractivity contribution is 0.0698. The van der Waals surface area contributed by atoms with Gasteiger partial charge in [0.25, 0.3) is 5.91 Å². The highest BCUT2D eigenvalue weighted by atomic mass is 16.2. The van der Waals surface area contributed by atoms with E-state index in [2.05, 4.69) is 52.4 Å². The molecular formula is C24H28N6O. The molecule has 0 saturated carbocycles. The van der Waals surface area contributed by atoms with Crippen molar-refractivity contribution in [1.29, 1.82) is 0 Å². The first kappa shape index (κ1) is 19.7. The van der Waals surface area contributed by atoms with E-state index in [0.29, 0.717) is 12.2 Å². The summed E-state index contributed by atoms with van der Waals surface area (Å²) < 4.78 is 0. The zero-order valence-corrected chi connectivity index (χ0v) is 17.9. The van der Waals surface area contributed by atoms with Crippen LogP contribution in [0.1, 0.15) is 58.3 Å². The van der Waals surface area contributed by atoms with Crippen LogP contribution in [0, 0.1) is 6.92 Å². The van der Waals surface area contributed by atoms with Crippen LogP contribution in [-0.4, -0.2) is 50.6 Å². The second kappa shape index (κ2) is 8.49. The van der Waals surface area contributed by atoms with Crippen LogP contribution in [-0.2, 0) is 13.0 Å². The number of nitrogens with one attached hydrogen (secondary N) is 1. The van der Waals surface area contributed by atoms with Crippen LogP contribution in [0.15, 0.2) is 42.6 Å². The standard InChI is InChI=1S/C24H28N6O/c1-17-20-10-6-13-29(15-18-7-3-2-4-8-18)23(20)27-22(26-17)19-9-5-14-30(16-19)24(31)21-11-12-25-28-21/h2-4,7-8,11-12,19H,5-6,9-10,13-16H2,1H3,(H,25,28). The number of amides is 1. The summed E-state index contributed by atoms with van der Waals surface area (Å²) in [7, 11) is 0. The third-order valence-electron chi connectivity index (χ3n) is 6.38. The maximum atomic E-state index is 12.8. The second-order valence-electron chi connectivity index (χ2n) is 8.54. The van der Waals surface area contributed by atoms with Crippen molar-refractivity contribution in [2.24, 2.45) is 0 Å². The Morgan fingerprint density at radius 3 is 2.81 bits per heavy atom. The number of rotatable bonds is 4. The molecule has 4 heterocycles. The lowest BCUT2D eigenvalue weighted by Crippen LogP contribution is -2.40. The van der Waals surface area contributed by atoms with Crippen molar-refractivity contribution in [3.8, 4) is 0 Å². The molecule has 160 valence electrons. The molecule has 1 fully saturated rings. The molecule has 7 nitrogen and oxygen atoms in total. The quantitative estimate of drug-likeness (QED) is 0.705. The normalized spacial score (nSPS) is 18.7. The van der Waals surface area contributed by atoms with Crippen LogP contribution in [0.4, 0.5) is 5.82 Å². The van der Waals surface area contributed by atoms with Gasteiger partial charge in [-0.15, -0.1) is 0 Å². The SMILES string of the molecule is Cc1nc(C2CCCN(C(=O)c3ccn[nH]3)C2)nc2c1CCCN2Cc1ccccc1. The number of aryl methyl sites for hydroxylation is 1. The van der Waals surface area contributed by atoms with E-state index in [0.717, 1.165) is 62.7 Å². The Hall–Kier alpha value is -3.22. The molecule has 0 aliphatic carbocycles. The van der Waals surface area contributed by atoms with E-state index < -0.39 is 0 Å². The molecule has 1 N–H and O–H groups in total. The Morgan fingerprint density at radius 2 is 2.00 bits per heavy atom. The summed E-state index contributed by atoms with van der Waals surface area (Å²) in [6.45, 7) is 5.38. The van der Waals surface area contributed by atoms with E-state index in [-0.39, 0.29) is 11.8 Å². The molecule has 0 bridgehead atoms. The number of nitrogens with zero attached hydrogens (tertiary/aromatic N) is 5. The molecular weight excluding hydrogens is 388 g/mol. The molecule has 7 heteroatoms. The Bertz CT molecular complexity index is 1050. The first-order valence-electron chi connectivity index (χ1n) is 11.1. The maximum absolute atomic E-state index is 12.8. The molecule has 5 rings (SSSR count). The average Bonchev–Trinajstić information content (AvgIpc) is 3.35. The predicted octanol–water partition coefficient (Wildman–Crippen LogP) is 3.48. The summed E-state index contributed by atoms with van der Waals surface area (Å²) in [5, 5.41) is 6.70. The predicted molar refractivity (Wildman–Crippen MR) is 119 cm³/mol. The number of H-pyrrole nitrogens is 1. The molecule has 2 aliphatic rings. The molecule has 2 aromatic heterocycles.